The molecule has 1 saturated heterocycles. The third-order valence-corrected chi connectivity index (χ3v) is 7.68. The first-order valence-corrected chi connectivity index (χ1v) is 11.7. The van der Waals surface area contributed by atoms with Gasteiger partial charge >= 0.3 is 0 Å². The molecule has 1 N–H and O–H groups in total. The summed E-state index contributed by atoms with van der Waals surface area (Å²) < 4.78 is 40.2. The van der Waals surface area contributed by atoms with Crippen LogP contribution in [-0.2, 0) is 21.2 Å². The Morgan fingerprint density at radius 2 is 1.84 bits per heavy atom. The normalized spacial score (nSPS) is 15.2. The number of H-pyrrole nitrogens is 1. The second-order valence-electron chi connectivity index (χ2n) is 7.76. The van der Waals surface area contributed by atoms with Gasteiger partial charge in [0.15, 0.2) is 0 Å². The van der Waals surface area contributed by atoms with Gasteiger partial charge in [0.05, 0.1) is 4.90 Å². The summed E-state index contributed by atoms with van der Waals surface area (Å²) in [7, 11) is -3.77. The predicted molar refractivity (Wildman–Crippen MR) is 116 cm³/mol. The number of halogens is 1. The van der Waals surface area contributed by atoms with Gasteiger partial charge in [-0.1, -0.05) is 0 Å². The third-order valence-electron chi connectivity index (χ3n) is 5.77. The number of benzene rings is 1. The number of sulfonamides is 1. The minimum absolute atomic E-state index is 0.0241. The Balaban J connectivity index is 1.66. The van der Waals surface area contributed by atoms with Crippen molar-refractivity contribution >= 4 is 15.9 Å². The number of aryl methyl sites for hydroxylation is 1. The minimum atomic E-state index is -3.77. The van der Waals surface area contributed by atoms with E-state index >= 15 is 0 Å². The molecule has 1 aromatic heterocycles. The lowest BCUT2D eigenvalue weighted by Gasteiger charge is -2.22. The number of hydrogen-bond acceptors (Lipinski definition) is 5. The number of nitrogens with zero attached hydrogens (tertiary/aromatic N) is 3. The van der Waals surface area contributed by atoms with E-state index in [-0.39, 0.29) is 42.4 Å². The maximum atomic E-state index is 13.1. The Morgan fingerprint density at radius 3 is 2.50 bits per heavy atom. The highest BCUT2D eigenvalue weighted by Gasteiger charge is 2.28. The lowest BCUT2D eigenvalue weighted by atomic mass is 9.99. The van der Waals surface area contributed by atoms with Gasteiger partial charge < -0.3 is 9.88 Å². The molecule has 0 aliphatic carbocycles. The Bertz CT molecular complexity index is 1220. The molecule has 0 atom stereocenters. The van der Waals surface area contributed by atoms with Crippen molar-refractivity contribution in [2.75, 3.05) is 26.2 Å². The summed E-state index contributed by atoms with van der Waals surface area (Å²) in [6.45, 7) is 4.55. The minimum Gasteiger partial charge on any atom is -0.341 e. The Labute approximate surface area is 186 Å². The van der Waals surface area contributed by atoms with E-state index in [1.807, 2.05) is 6.07 Å². The molecule has 2 aromatic rings. The summed E-state index contributed by atoms with van der Waals surface area (Å²) >= 11 is 0. The number of nitriles is 1. The molecule has 32 heavy (non-hydrogen) atoms. The Hall–Kier alpha value is -3.03. The van der Waals surface area contributed by atoms with Crippen molar-refractivity contribution in [2.45, 2.75) is 38.0 Å². The highest BCUT2D eigenvalue weighted by molar-refractivity contribution is 7.89. The summed E-state index contributed by atoms with van der Waals surface area (Å²) in [5.41, 5.74) is 1.59. The van der Waals surface area contributed by atoms with Gasteiger partial charge in [-0.3, -0.25) is 9.59 Å². The second-order valence-corrected chi connectivity index (χ2v) is 9.70. The van der Waals surface area contributed by atoms with Gasteiger partial charge in [-0.05, 0) is 62.1 Å². The van der Waals surface area contributed by atoms with Crippen LogP contribution in [0.5, 0.6) is 0 Å². The summed E-state index contributed by atoms with van der Waals surface area (Å²) in [5.74, 6) is -0.624. The first-order valence-electron chi connectivity index (χ1n) is 10.3. The lowest BCUT2D eigenvalue weighted by molar-refractivity contribution is -0.131. The van der Waals surface area contributed by atoms with E-state index in [0.717, 1.165) is 17.7 Å². The van der Waals surface area contributed by atoms with Crippen LogP contribution in [0.1, 0.15) is 35.2 Å². The monoisotopic (exact) mass is 460 g/mol. The van der Waals surface area contributed by atoms with E-state index < -0.39 is 21.4 Å². The molecule has 8 nitrogen and oxygen atoms in total. The smallest absolute Gasteiger partial charge is 0.266 e. The van der Waals surface area contributed by atoms with Crippen LogP contribution in [0.3, 0.4) is 0 Å². The molecule has 1 amide bonds. The van der Waals surface area contributed by atoms with E-state index in [4.69, 9.17) is 0 Å². The molecule has 0 saturated carbocycles. The average molecular weight is 461 g/mol. The summed E-state index contributed by atoms with van der Waals surface area (Å²) in [6, 6.07) is 6.60. The number of hydrogen-bond donors (Lipinski definition) is 1. The van der Waals surface area contributed by atoms with Crippen molar-refractivity contribution in [3.8, 4) is 6.07 Å². The van der Waals surface area contributed by atoms with Gasteiger partial charge in [0.1, 0.15) is 17.4 Å². The number of amides is 1. The molecule has 0 bridgehead atoms. The maximum absolute atomic E-state index is 13.1. The van der Waals surface area contributed by atoms with E-state index in [1.54, 1.807) is 18.7 Å². The number of carbonyl (C=O) groups excluding carboxylic acids is 1. The van der Waals surface area contributed by atoms with E-state index in [1.165, 1.54) is 16.4 Å². The van der Waals surface area contributed by atoms with Crippen molar-refractivity contribution in [2.24, 2.45) is 0 Å². The van der Waals surface area contributed by atoms with Crippen molar-refractivity contribution < 1.29 is 17.6 Å². The largest absolute Gasteiger partial charge is 0.341 e. The molecular formula is C22H25FN4O4S. The summed E-state index contributed by atoms with van der Waals surface area (Å²) in [6.07, 6.45) is 1.04. The van der Waals surface area contributed by atoms with Crippen LogP contribution in [0.2, 0.25) is 0 Å². The predicted octanol–water partition coefficient (Wildman–Crippen LogP) is 1.86. The molecule has 1 aliphatic rings. The van der Waals surface area contributed by atoms with Gasteiger partial charge in [-0.25, -0.2) is 12.8 Å². The van der Waals surface area contributed by atoms with Gasteiger partial charge in [-0.2, -0.15) is 9.57 Å². The fourth-order valence-electron chi connectivity index (χ4n) is 3.95. The van der Waals surface area contributed by atoms with E-state index in [9.17, 15) is 27.7 Å². The molecule has 1 aliphatic heterocycles. The number of pyridine rings is 1. The number of carbonyl (C=O) groups is 1. The number of rotatable bonds is 5. The zero-order chi connectivity index (χ0) is 23.5. The lowest BCUT2D eigenvalue weighted by Crippen LogP contribution is -2.37. The molecular weight excluding hydrogens is 435 g/mol. The van der Waals surface area contributed by atoms with Crippen LogP contribution in [0, 0.1) is 31.0 Å². The third kappa shape index (κ3) is 4.89. The van der Waals surface area contributed by atoms with Crippen LogP contribution in [0.15, 0.2) is 34.0 Å². The number of nitrogens with one attached hydrogen (secondary N) is 1. The molecule has 0 spiro atoms. The van der Waals surface area contributed by atoms with Crippen LogP contribution < -0.4 is 5.56 Å². The molecule has 0 radical (unpaired) electrons. The molecule has 2 heterocycles. The van der Waals surface area contributed by atoms with Crippen molar-refractivity contribution in [1.82, 2.24) is 14.2 Å². The van der Waals surface area contributed by atoms with Gasteiger partial charge in [0, 0.05) is 38.3 Å². The van der Waals surface area contributed by atoms with Crippen LogP contribution in [-0.4, -0.2) is 54.7 Å². The average Bonchev–Trinajstić information content (AvgIpc) is 3.01. The zero-order valence-electron chi connectivity index (χ0n) is 18.0. The van der Waals surface area contributed by atoms with E-state index in [0.29, 0.717) is 30.6 Å². The van der Waals surface area contributed by atoms with Crippen molar-refractivity contribution in [1.29, 1.82) is 5.26 Å². The molecule has 1 aromatic carbocycles. The molecule has 170 valence electrons. The van der Waals surface area contributed by atoms with Crippen molar-refractivity contribution in [3.05, 3.63) is 62.8 Å². The van der Waals surface area contributed by atoms with Gasteiger partial charge in [0.2, 0.25) is 15.9 Å². The van der Waals surface area contributed by atoms with Gasteiger partial charge in [-0.15, -0.1) is 0 Å². The Kier molecular flexibility index (Phi) is 7.11. The van der Waals surface area contributed by atoms with Crippen LogP contribution in [0.4, 0.5) is 4.39 Å². The number of aromatic amines is 1. The van der Waals surface area contributed by atoms with Crippen LogP contribution >= 0.6 is 0 Å². The van der Waals surface area contributed by atoms with Crippen LogP contribution in [0.25, 0.3) is 0 Å². The highest BCUT2D eigenvalue weighted by atomic mass is 32.2. The van der Waals surface area contributed by atoms with E-state index in [2.05, 4.69) is 4.98 Å². The molecule has 3 rings (SSSR count). The fourth-order valence-corrected chi connectivity index (χ4v) is 5.42. The number of aromatic nitrogens is 1. The van der Waals surface area contributed by atoms with Crippen molar-refractivity contribution in [3.63, 3.8) is 0 Å². The van der Waals surface area contributed by atoms with Gasteiger partial charge in [0.25, 0.3) is 5.56 Å². The molecule has 1 fully saturated rings. The summed E-state index contributed by atoms with van der Waals surface area (Å²) in [5, 5.41) is 9.20. The first-order chi connectivity index (χ1) is 15.1. The quantitative estimate of drug-likeness (QED) is 0.732. The maximum Gasteiger partial charge on any atom is 0.266 e. The fraction of sp³-hybridized carbons (Fsp3) is 0.409. The standard InChI is InChI=1S/C22H25FN4O4S/c1-15-19(16(2)25-22(29)20(15)14-24)8-9-21(28)26-10-3-11-27(13-12-26)32(30,31)18-6-4-17(23)5-7-18/h4-7H,3,8-13H2,1-2H3,(H,25,29). The Morgan fingerprint density at radius 1 is 1.16 bits per heavy atom. The summed E-state index contributed by atoms with van der Waals surface area (Å²) in [4.78, 5) is 29.0. The zero-order valence-corrected chi connectivity index (χ0v) is 18.8. The topological polar surface area (TPSA) is 114 Å². The second kappa shape index (κ2) is 9.63. The molecule has 0 unspecified atom stereocenters. The SMILES string of the molecule is Cc1[nH]c(=O)c(C#N)c(C)c1CCC(=O)N1CCCN(S(=O)(=O)c2ccc(F)cc2)CC1. The highest BCUT2D eigenvalue weighted by Crippen LogP contribution is 2.19. The molecule has 10 heteroatoms. The first kappa shape index (κ1) is 23.6.